The lowest BCUT2D eigenvalue weighted by Crippen LogP contribution is -2.51. The van der Waals surface area contributed by atoms with Gasteiger partial charge in [0.1, 0.15) is 11.5 Å². The van der Waals surface area contributed by atoms with Crippen LogP contribution in [-0.2, 0) is 4.79 Å². The molecule has 0 saturated carbocycles. The number of hydrogen-bond donors (Lipinski definition) is 1. The van der Waals surface area contributed by atoms with Gasteiger partial charge in [-0.2, -0.15) is 0 Å². The summed E-state index contributed by atoms with van der Waals surface area (Å²) < 4.78 is 5.44. The summed E-state index contributed by atoms with van der Waals surface area (Å²) in [6.07, 6.45) is 0. The van der Waals surface area contributed by atoms with E-state index in [9.17, 15) is 14.4 Å². The van der Waals surface area contributed by atoms with Crippen LogP contribution >= 0.6 is 0 Å². The van der Waals surface area contributed by atoms with Crippen LogP contribution in [0.4, 0.5) is 16.2 Å². The first kappa shape index (κ1) is 20.4. The van der Waals surface area contributed by atoms with Crippen LogP contribution in [0.15, 0.2) is 34.7 Å². The molecule has 0 bridgehead atoms. The molecule has 1 N–H and O–H groups in total. The highest BCUT2D eigenvalue weighted by atomic mass is 16.3. The topological polar surface area (TPSA) is 86.1 Å². The standard InChI is InChI=1S/C21H26N4O4/c1-14-13-19(15(2)29-14)20(27)24-9-11-25(12-10-24)21(28)22-17-5-7-18(8-6-17)23(4)16(3)26/h5-8,13H,9-12H2,1-4H3,(H,22,28). The second-order valence-electron chi connectivity index (χ2n) is 7.16. The lowest BCUT2D eigenvalue weighted by molar-refractivity contribution is -0.116. The Morgan fingerprint density at radius 2 is 1.59 bits per heavy atom. The molecule has 2 heterocycles. The molecule has 4 amide bonds. The Kier molecular flexibility index (Phi) is 5.91. The minimum absolute atomic E-state index is 0.0602. The number of hydrogen-bond acceptors (Lipinski definition) is 4. The van der Waals surface area contributed by atoms with Crippen molar-refractivity contribution in [2.45, 2.75) is 20.8 Å². The molecule has 2 aromatic rings. The molecule has 0 radical (unpaired) electrons. The van der Waals surface area contributed by atoms with Gasteiger partial charge in [-0.1, -0.05) is 0 Å². The second kappa shape index (κ2) is 8.38. The maximum Gasteiger partial charge on any atom is 0.321 e. The number of anilines is 2. The van der Waals surface area contributed by atoms with Gasteiger partial charge in [0.2, 0.25) is 5.91 Å². The number of urea groups is 1. The molecule has 1 aliphatic heterocycles. The number of nitrogens with zero attached hydrogens (tertiary/aromatic N) is 3. The number of piperazine rings is 1. The molecule has 0 spiro atoms. The van der Waals surface area contributed by atoms with Crippen LogP contribution in [0.3, 0.4) is 0 Å². The minimum Gasteiger partial charge on any atom is -0.466 e. The van der Waals surface area contributed by atoms with Gasteiger partial charge in [0.05, 0.1) is 5.56 Å². The summed E-state index contributed by atoms with van der Waals surface area (Å²) >= 11 is 0. The van der Waals surface area contributed by atoms with Crippen molar-refractivity contribution in [1.29, 1.82) is 0 Å². The number of rotatable bonds is 3. The Morgan fingerprint density at radius 1 is 1.00 bits per heavy atom. The van der Waals surface area contributed by atoms with Crippen LogP contribution in [-0.4, -0.2) is 60.9 Å². The summed E-state index contributed by atoms with van der Waals surface area (Å²) in [5, 5.41) is 2.86. The number of benzene rings is 1. The summed E-state index contributed by atoms with van der Waals surface area (Å²) in [5.41, 5.74) is 1.99. The normalized spacial score (nSPS) is 13.9. The van der Waals surface area contributed by atoms with Gasteiger partial charge in [-0.3, -0.25) is 9.59 Å². The Bertz CT molecular complexity index is 911. The lowest BCUT2D eigenvalue weighted by atomic mass is 10.2. The van der Waals surface area contributed by atoms with Crippen LogP contribution in [0.2, 0.25) is 0 Å². The summed E-state index contributed by atoms with van der Waals surface area (Å²) in [4.78, 5) is 41.6. The molecule has 8 nitrogen and oxygen atoms in total. The van der Waals surface area contributed by atoms with Crippen molar-refractivity contribution in [3.63, 3.8) is 0 Å². The zero-order chi connectivity index (χ0) is 21.1. The third-order valence-corrected chi connectivity index (χ3v) is 5.10. The molecule has 0 aliphatic carbocycles. The van der Waals surface area contributed by atoms with Gasteiger partial charge in [-0.15, -0.1) is 0 Å². The smallest absolute Gasteiger partial charge is 0.321 e. The van der Waals surface area contributed by atoms with Crippen LogP contribution in [0, 0.1) is 13.8 Å². The van der Waals surface area contributed by atoms with E-state index in [-0.39, 0.29) is 17.8 Å². The molecule has 8 heteroatoms. The Labute approximate surface area is 170 Å². The Hall–Kier alpha value is -3.29. The van der Waals surface area contributed by atoms with E-state index in [4.69, 9.17) is 4.42 Å². The molecule has 154 valence electrons. The van der Waals surface area contributed by atoms with Crippen molar-refractivity contribution in [1.82, 2.24) is 9.80 Å². The highest BCUT2D eigenvalue weighted by molar-refractivity contribution is 5.96. The van der Waals surface area contributed by atoms with Gasteiger partial charge in [-0.25, -0.2) is 4.79 Å². The summed E-state index contributed by atoms with van der Waals surface area (Å²) in [6, 6.07) is 8.63. The zero-order valence-corrected chi connectivity index (χ0v) is 17.2. The highest BCUT2D eigenvalue weighted by Gasteiger charge is 2.26. The molecule has 29 heavy (non-hydrogen) atoms. The van der Waals surface area contributed by atoms with E-state index in [0.717, 1.165) is 5.69 Å². The molecule has 1 aromatic heterocycles. The van der Waals surface area contributed by atoms with Gasteiger partial charge in [0.15, 0.2) is 0 Å². The summed E-state index contributed by atoms with van der Waals surface area (Å²) in [6.45, 7) is 6.95. The monoisotopic (exact) mass is 398 g/mol. The quantitative estimate of drug-likeness (QED) is 0.861. The second-order valence-corrected chi connectivity index (χ2v) is 7.16. The van der Waals surface area contributed by atoms with E-state index in [0.29, 0.717) is 49.0 Å². The Morgan fingerprint density at radius 3 is 2.10 bits per heavy atom. The summed E-state index contributed by atoms with van der Waals surface area (Å²) in [5.74, 6) is 1.20. The molecule has 3 rings (SSSR count). The number of furan rings is 1. The van der Waals surface area contributed by atoms with E-state index >= 15 is 0 Å². The zero-order valence-electron chi connectivity index (χ0n) is 17.2. The van der Waals surface area contributed by atoms with E-state index in [1.165, 1.54) is 11.8 Å². The third kappa shape index (κ3) is 4.59. The first-order valence-corrected chi connectivity index (χ1v) is 9.53. The van der Waals surface area contributed by atoms with Crippen LogP contribution in [0.5, 0.6) is 0 Å². The summed E-state index contributed by atoms with van der Waals surface area (Å²) in [7, 11) is 1.70. The van der Waals surface area contributed by atoms with E-state index in [2.05, 4.69) is 5.32 Å². The van der Waals surface area contributed by atoms with Crippen molar-refractivity contribution < 1.29 is 18.8 Å². The first-order chi connectivity index (χ1) is 13.8. The van der Waals surface area contributed by atoms with E-state index < -0.39 is 0 Å². The van der Waals surface area contributed by atoms with E-state index in [1.54, 1.807) is 54.1 Å². The largest absolute Gasteiger partial charge is 0.466 e. The highest BCUT2D eigenvalue weighted by Crippen LogP contribution is 2.19. The fraction of sp³-hybridized carbons (Fsp3) is 0.381. The van der Waals surface area contributed by atoms with Gasteiger partial charge < -0.3 is 24.4 Å². The predicted molar refractivity (Wildman–Crippen MR) is 110 cm³/mol. The average molecular weight is 398 g/mol. The van der Waals surface area contributed by atoms with Crippen LogP contribution in [0.1, 0.15) is 28.8 Å². The fourth-order valence-corrected chi connectivity index (χ4v) is 3.28. The number of aryl methyl sites for hydroxylation is 2. The third-order valence-electron chi connectivity index (χ3n) is 5.10. The SMILES string of the molecule is CC(=O)N(C)c1ccc(NC(=O)N2CCN(C(=O)c3cc(C)oc3C)CC2)cc1. The van der Waals surface area contributed by atoms with Gasteiger partial charge >= 0.3 is 6.03 Å². The predicted octanol–water partition coefficient (Wildman–Crippen LogP) is 2.87. The Balaban J connectivity index is 1.54. The van der Waals surface area contributed by atoms with Gasteiger partial charge in [-0.05, 0) is 44.2 Å². The molecule has 1 saturated heterocycles. The van der Waals surface area contributed by atoms with Crippen molar-refractivity contribution in [2.24, 2.45) is 0 Å². The van der Waals surface area contributed by atoms with Crippen molar-refractivity contribution in [3.05, 3.63) is 47.4 Å². The molecular weight excluding hydrogens is 372 g/mol. The van der Waals surface area contributed by atoms with Gasteiger partial charge in [0.25, 0.3) is 5.91 Å². The number of carbonyl (C=O) groups excluding carboxylic acids is 3. The fourth-order valence-electron chi connectivity index (χ4n) is 3.28. The van der Waals surface area contributed by atoms with E-state index in [1.807, 2.05) is 6.92 Å². The van der Waals surface area contributed by atoms with Crippen LogP contribution in [0.25, 0.3) is 0 Å². The van der Waals surface area contributed by atoms with Gasteiger partial charge in [0, 0.05) is 51.5 Å². The minimum atomic E-state index is -0.208. The molecule has 0 unspecified atom stereocenters. The molecule has 1 aromatic carbocycles. The first-order valence-electron chi connectivity index (χ1n) is 9.53. The molecule has 0 atom stereocenters. The number of carbonyl (C=O) groups is 3. The molecular formula is C21H26N4O4. The van der Waals surface area contributed by atoms with Crippen LogP contribution < -0.4 is 10.2 Å². The number of nitrogens with one attached hydrogen (secondary N) is 1. The van der Waals surface area contributed by atoms with Crippen molar-refractivity contribution >= 4 is 29.2 Å². The molecule has 1 aliphatic rings. The molecule has 1 fully saturated rings. The maximum absolute atomic E-state index is 12.7. The lowest BCUT2D eigenvalue weighted by Gasteiger charge is -2.34. The maximum atomic E-state index is 12.7. The average Bonchev–Trinajstić information content (AvgIpc) is 3.05. The number of amides is 4. The van der Waals surface area contributed by atoms with Crippen molar-refractivity contribution in [3.8, 4) is 0 Å². The van der Waals surface area contributed by atoms with Crippen molar-refractivity contribution in [2.75, 3.05) is 43.4 Å².